The topological polar surface area (TPSA) is 97.7 Å². The number of methoxy groups -OCH3 is 1. The van der Waals surface area contributed by atoms with Crippen LogP contribution < -0.4 is 14.8 Å². The van der Waals surface area contributed by atoms with E-state index in [0.29, 0.717) is 34.2 Å². The van der Waals surface area contributed by atoms with Gasteiger partial charge in [-0.15, -0.1) is 11.3 Å². The number of nitrogens with zero attached hydrogens (tertiary/aromatic N) is 1. The molecule has 3 rings (SSSR count). The van der Waals surface area contributed by atoms with Crippen molar-refractivity contribution in [2.45, 2.75) is 27.7 Å². The van der Waals surface area contributed by atoms with Crippen molar-refractivity contribution in [2.75, 3.05) is 25.6 Å². The van der Waals surface area contributed by atoms with Crippen LogP contribution in [0.15, 0.2) is 47.4 Å². The summed E-state index contributed by atoms with van der Waals surface area (Å²) in [4.78, 5) is 26.0. The van der Waals surface area contributed by atoms with E-state index in [4.69, 9.17) is 14.2 Å². The third-order valence-electron chi connectivity index (χ3n) is 5.33. The van der Waals surface area contributed by atoms with Gasteiger partial charge in [-0.3, -0.25) is 4.79 Å². The Morgan fingerprint density at radius 1 is 1.06 bits per heavy atom. The van der Waals surface area contributed by atoms with Crippen LogP contribution in [0.25, 0.3) is 17.2 Å². The Kier molecular flexibility index (Phi) is 8.87. The Bertz CT molecular complexity index is 1350. The number of amides is 1. The SMILES string of the molecule is CCOC(=O)c1c(-c2ccc(C)cc2C)csc1NC(=O)/C(C#N)=C/c1ccc(OCC)c(OC)c1. The number of hydrogen-bond donors (Lipinski definition) is 1. The number of rotatable bonds is 9. The van der Waals surface area contributed by atoms with Crippen LogP contribution in [0.2, 0.25) is 0 Å². The first-order chi connectivity index (χ1) is 17.3. The number of benzene rings is 2. The van der Waals surface area contributed by atoms with Gasteiger partial charge in [0.25, 0.3) is 5.91 Å². The molecule has 0 atom stereocenters. The maximum atomic E-state index is 13.1. The molecule has 0 aliphatic heterocycles. The summed E-state index contributed by atoms with van der Waals surface area (Å²) in [6.45, 7) is 8.22. The minimum Gasteiger partial charge on any atom is -0.493 e. The van der Waals surface area contributed by atoms with Crippen molar-refractivity contribution in [3.05, 3.63) is 69.6 Å². The molecule has 3 aromatic rings. The van der Waals surface area contributed by atoms with Gasteiger partial charge in [0, 0.05) is 10.9 Å². The Morgan fingerprint density at radius 3 is 2.47 bits per heavy atom. The average molecular weight is 505 g/mol. The first-order valence-corrected chi connectivity index (χ1v) is 12.3. The van der Waals surface area contributed by atoms with E-state index in [1.807, 2.05) is 50.4 Å². The largest absolute Gasteiger partial charge is 0.493 e. The summed E-state index contributed by atoms with van der Waals surface area (Å²) in [5.74, 6) is -0.117. The molecule has 0 saturated carbocycles. The van der Waals surface area contributed by atoms with Crippen LogP contribution in [-0.2, 0) is 9.53 Å². The summed E-state index contributed by atoms with van der Waals surface area (Å²) in [6.07, 6.45) is 1.45. The van der Waals surface area contributed by atoms with Crippen LogP contribution in [0.1, 0.15) is 40.9 Å². The van der Waals surface area contributed by atoms with Crippen LogP contribution in [0.5, 0.6) is 11.5 Å². The van der Waals surface area contributed by atoms with Crippen LogP contribution in [0.4, 0.5) is 5.00 Å². The lowest BCUT2D eigenvalue weighted by atomic mass is 9.97. The molecular formula is C28H28N2O5S. The number of ether oxygens (including phenoxy) is 3. The number of hydrogen-bond acceptors (Lipinski definition) is 7. The second kappa shape index (κ2) is 12.0. The van der Waals surface area contributed by atoms with Crippen LogP contribution in [0, 0.1) is 25.2 Å². The minimum atomic E-state index is -0.634. The molecule has 0 radical (unpaired) electrons. The van der Waals surface area contributed by atoms with E-state index in [0.717, 1.165) is 16.7 Å². The zero-order valence-corrected chi connectivity index (χ0v) is 21.7. The van der Waals surface area contributed by atoms with Gasteiger partial charge in [-0.2, -0.15) is 5.26 Å². The lowest BCUT2D eigenvalue weighted by molar-refractivity contribution is -0.112. The number of carbonyl (C=O) groups excluding carboxylic acids is 2. The molecule has 0 aliphatic carbocycles. The fraction of sp³-hybridized carbons (Fsp3) is 0.250. The second-order valence-corrected chi connectivity index (χ2v) is 8.74. The average Bonchev–Trinajstić information content (AvgIpc) is 3.26. The highest BCUT2D eigenvalue weighted by Gasteiger charge is 2.24. The van der Waals surface area contributed by atoms with Gasteiger partial charge in [-0.25, -0.2) is 4.79 Å². The predicted octanol–water partition coefficient (Wildman–Crippen LogP) is 6.16. The number of anilines is 1. The van der Waals surface area contributed by atoms with Gasteiger partial charge >= 0.3 is 5.97 Å². The van der Waals surface area contributed by atoms with Crippen LogP contribution in [0.3, 0.4) is 0 Å². The zero-order chi connectivity index (χ0) is 26.2. The summed E-state index contributed by atoms with van der Waals surface area (Å²) < 4.78 is 16.2. The Hall–Kier alpha value is -4.09. The van der Waals surface area contributed by atoms with E-state index in [-0.39, 0.29) is 17.7 Å². The van der Waals surface area contributed by atoms with E-state index >= 15 is 0 Å². The molecule has 1 N–H and O–H groups in total. The van der Waals surface area contributed by atoms with Crippen molar-refractivity contribution in [1.29, 1.82) is 5.26 Å². The summed E-state index contributed by atoms with van der Waals surface area (Å²) in [7, 11) is 1.52. The molecule has 36 heavy (non-hydrogen) atoms. The van der Waals surface area contributed by atoms with Crippen molar-refractivity contribution in [3.8, 4) is 28.7 Å². The van der Waals surface area contributed by atoms with Gasteiger partial charge in [0.15, 0.2) is 11.5 Å². The number of aryl methyl sites for hydroxylation is 2. The van der Waals surface area contributed by atoms with Gasteiger partial charge in [-0.05, 0) is 62.6 Å². The van der Waals surface area contributed by atoms with Crippen LogP contribution >= 0.6 is 11.3 Å². The molecule has 7 nitrogen and oxygen atoms in total. The Balaban J connectivity index is 1.97. The zero-order valence-electron chi connectivity index (χ0n) is 20.9. The Labute approximate surface area is 214 Å². The van der Waals surface area contributed by atoms with E-state index in [2.05, 4.69) is 5.32 Å². The number of carbonyl (C=O) groups is 2. The van der Waals surface area contributed by atoms with E-state index in [1.165, 1.54) is 24.5 Å². The number of nitrogens with one attached hydrogen (secondary N) is 1. The highest BCUT2D eigenvalue weighted by molar-refractivity contribution is 7.15. The van der Waals surface area contributed by atoms with E-state index in [1.54, 1.807) is 25.1 Å². The molecule has 0 aliphatic rings. The second-order valence-electron chi connectivity index (χ2n) is 7.86. The van der Waals surface area contributed by atoms with Gasteiger partial charge in [0.1, 0.15) is 22.2 Å². The summed E-state index contributed by atoms with van der Waals surface area (Å²) >= 11 is 1.21. The normalized spacial score (nSPS) is 10.9. The fourth-order valence-corrected chi connectivity index (χ4v) is 4.65. The number of thiophene rings is 1. The molecule has 8 heteroatoms. The molecular weight excluding hydrogens is 476 g/mol. The van der Waals surface area contributed by atoms with Crippen molar-refractivity contribution in [3.63, 3.8) is 0 Å². The summed E-state index contributed by atoms with van der Waals surface area (Å²) in [5, 5.41) is 14.6. The quantitative estimate of drug-likeness (QED) is 0.213. The lowest BCUT2D eigenvalue weighted by Crippen LogP contribution is -2.16. The molecule has 0 saturated heterocycles. The highest BCUT2D eigenvalue weighted by Crippen LogP contribution is 2.38. The molecule has 1 heterocycles. The molecule has 0 unspecified atom stereocenters. The van der Waals surface area contributed by atoms with E-state index < -0.39 is 11.9 Å². The maximum Gasteiger partial charge on any atom is 0.341 e. The third kappa shape index (κ3) is 5.93. The maximum absolute atomic E-state index is 13.1. The molecule has 1 amide bonds. The van der Waals surface area contributed by atoms with Gasteiger partial charge in [0.05, 0.1) is 20.3 Å². The van der Waals surface area contributed by atoms with Crippen molar-refractivity contribution in [2.24, 2.45) is 0 Å². The minimum absolute atomic E-state index is 0.127. The van der Waals surface area contributed by atoms with Gasteiger partial charge < -0.3 is 19.5 Å². The molecule has 0 fully saturated rings. The molecule has 1 aromatic heterocycles. The standard InChI is InChI=1S/C28H28N2O5S/c1-6-34-23-11-9-19(14-24(23)33-5)13-20(15-29)26(31)30-27-25(28(32)35-7-2)22(16-36-27)21-10-8-17(3)12-18(21)4/h8-14,16H,6-7H2,1-5H3,(H,30,31)/b20-13+. The van der Waals surface area contributed by atoms with Crippen molar-refractivity contribution < 1.29 is 23.8 Å². The Morgan fingerprint density at radius 2 is 1.83 bits per heavy atom. The van der Waals surface area contributed by atoms with Crippen molar-refractivity contribution in [1.82, 2.24) is 0 Å². The first-order valence-electron chi connectivity index (χ1n) is 11.4. The van der Waals surface area contributed by atoms with Gasteiger partial charge in [-0.1, -0.05) is 29.8 Å². The molecule has 0 spiro atoms. The smallest absolute Gasteiger partial charge is 0.341 e. The highest BCUT2D eigenvalue weighted by atomic mass is 32.1. The molecule has 0 bridgehead atoms. The molecule has 2 aromatic carbocycles. The fourth-order valence-electron chi connectivity index (χ4n) is 3.70. The number of esters is 1. The first kappa shape index (κ1) is 26.5. The third-order valence-corrected chi connectivity index (χ3v) is 6.23. The predicted molar refractivity (Wildman–Crippen MR) is 142 cm³/mol. The van der Waals surface area contributed by atoms with E-state index in [9.17, 15) is 14.9 Å². The lowest BCUT2D eigenvalue weighted by Gasteiger charge is -2.11. The summed E-state index contributed by atoms with van der Waals surface area (Å²) in [6, 6.07) is 13.0. The monoisotopic (exact) mass is 504 g/mol. The van der Waals surface area contributed by atoms with Crippen LogP contribution in [-0.4, -0.2) is 32.2 Å². The van der Waals surface area contributed by atoms with Gasteiger partial charge in [0.2, 0.25) is 0 Å². The van der Waals surface area contributed by atoms with Crippen molar-refractivity contribution >= 4 is 34.3 Å². The number of nitriles is 1. The summed E-state index contributed by atoms with van der Waals surface area (Å²) in [5.41, 5.74) is 4.38. The molecule has 186 valence electrons.